The van der Waals surface area contributed by atoms with Gasteiger partial charge in [-0.15, -0.1) is 0 Å². The number of esters is 1. The second-order valence-corrected chi connectivity index (χ2v) is 7.29. The van der Waals surface area contributed by atoms with Gasteiger partial charge in [-0.2, -0.15) is 5.10 Å². The fourth-order valence-electron chi connectivity index (χ4n) is 3.52. The van der Waals surface area contributed by atoms with Crippen LogP contribution in [0.2, 0.25) is 0 Å². The largest absolute Gasteiger partial charge is 0.468 e. The second-order valence-electron chi connectivity index (χ2n) is 7.29. The fourth-order valence-corrected chi connectivity index (χ4v) is 3.52. The van der Waals surface area contributed by atoms with Crippen molar-refractivity contribution in [2.75, 3.05) is 20.2 Å². The lowest BCUT2D eigenvalue weighted by Crippen LogP contribution is -2.39. The van der Waals surface area contributed by atoms with E-state index in [2.05, 4.69) is 29.2 Å². The lowest BCUT2D eigenvalue weighted by Gasteiger charge is -2.23. The number of rotatable bonds is 6. The van der Waals surface area contributed by atoms with Crippen LogP contribution in [0.3, 0.4) is 0 Å². The van der Waals surface area contributed by atoms with Gasteiger partial charge in [-0.05, 0) is 42.7 Å². The number of nitrogens with one attached hydrogen (secondary N) is 1. The van der Waals surface area contributed by atoms with Gasteiger partial charge >= 0.3 is 5.97 Å². The van der Waals surface area contributed by atoms with Crippen LogP contribution in [0.1, 0.15) is 30.6 Å². The van der Waals surface area contributed by atoms with Crippen molar-refractivity contribution >= 4 is 11.9 Å². The van der Waals surface area contributed by atoms with E-state index in [1.54, 1.807) is 23.0 Å². The molecule has 0 radical (unpaired) electrons. The second kappa shape index (κ2) is 8.35. The number of hydrogen-bond donors (Lipinski definition) is 1. The van der Waals surface area contributed by atoms with E-state index in [9.17, 15) is 9.59 Å². The highest BCUT2D eigenvalue weighted by Crippen LogP contribution is 2.21. The molecule has 2 heterocycles. The van der Waals surface area contributed by atoms with Gasteiger partial charge in [0.25, 0.3) is 5.91 Å². The third-order valence-electron chi connectivity index (χ3n) is 4.71. The van der Waals surface area contributed by atoms with E-state index in [0.717, 1.165) is 12.2 Å². The first-order valence-corrected chi connectivity index (χ1v) is 9.20. The van der Waals surface area contributed by atoms with Gasteiger partial charge in [0, 0.05) is 37.1 Å². The van der Waals surface area contributed by atoms with Gasteiger partial charge in [-0.25, -0.2) is 4.68 Å². The number of hydrogen-bond acceptors (Lipinski definition) is 5. The summed E-state index contributed by atoms with van der Waals surface area (Å²) in [5.74, 6) is 0.0550. The van der Waals surface area contributed by atoms with Crippen molar-refractivity contribution in [1.29, 1.82) is 0 Å². The molecule has 2 atom stereocenters. The molecular weight excluding hydrogens is 344 g/mol. The predicted molar refractivity (Wildman–Crippen MR) is 102 cm³/mol. The maximum atomic E-state index is 12.6. The van der Waals surface area contributed by atoms with Crippen LogP contribution in [0.25, 0.3) is 5.69 Å². The average molecular weight is 370 g/mol. The van der Waals surface area contributed by atoms with Gasteiger partial charge in [-0.1, -0.05) is 13.8 Å². The monoisotopic (exact) mass is 370 g/mol. The van der Waals surface area contributed by atoms with Crippen LogP contribution in [0.15, 0.2) is 42.7 Å². The Morgan fingerprint density at radius 3 is 2.63 bits per heavy atom. The van der Waals surface area contributed by atoms with Crippen molar-refractivity contribution in [3.63, 3.8) is 0 Å². The zero-order valence-electron chi connectivity index (χ0n) is 16.0. The smallest absolute Gasteiger partial charge is 0.323 e. The van der Waals surface area contributed by atoms with Gasteiger partial charge in [0.2, 0.25) is 0 Å². The highest BCUT2D eigenvalue weighted by atomic mass is 16.5. The lowest BCUT2D eigenvalue weighted by atomic mass is 10.1. The molecule has 1 amide bonds. The molecule has 0 spiro atoms. The fraction of sp³-hybridized carbons (Fsp3) is 0.450. The molecule has 0 bridgehead atoms. The summed E-state index contributed by atoms with van der Waals surface area (Å²) in [7, 11) is 1.41. The van der Waals surface area contributed by atoms with Crippen molar-refractivity contribution in [2.24, 2.45) is 5.92 Å². The van der Waals surface area contributed by atoms with Crippen molar-refractivity contribution in [3.8, 4) is 5.69 Å². The van der Waals surface area contributed by atoms with E-state index in [1.807, 2.05) is 24.4 Å². The van der Waals surface area contributed by atoms with E-state index in [1.165, 1.54) is 7.11 Å². The van der Waals surface area contributed by atoms with E-state index < -0.39 is 0 Å². The predicted octanol–water partition coefficient (Wildman–Crippen LogP) is 1.87. The van der Waals surface area contributed by atoms with Crippen LogP contribution < -0.4 is 5.32 Å². The molecule has 0 saturated carbocycles. The molecule has 144 valence electrons. The summed E-state index contributed by atoms with van der Waals surface area (Å²) in [6.45, 7) is 5.67. The summed E-state index contributed by atoms with van der Waals surface area (Å²) < 4.78 is 6.67. The van der Waals surface area contributed by atoms with Crippen LogP contribution in [0.4, 0.5) is 0 Å². The first-order valence-electron chi connectivity index (χ1n) is 9.20. The maximum absolute atomic E-state index is 12.6. The Morgan fingerprint density at radius 2 is 2.04 bits per heavy atom. The average Bonchev–Trinajstić information content (AvgIpc) is 3.31. The van der Waals surface area contributed by atoms with Gasteiger partial charge in [0.1, 0.15) is 6.04 Å². The minimum atomic E-state index is -0.301. The summed E-state index contributed by atoms with van der Waals surface area (Å²) in [4.78, 5) is 26.8. The minimum absolute atomic E-state index is 0.0776. The number of methoxy groups -OCH3 is 1. The Bertz CT molecular complexity index is 771. The van der Waals surface area contributed by atoms with E-state index in [4.69, 9.17) is 4.74 Å². The van der Waals surface area contributed by atoms with Crippen molar-refractivity contribution in [1.82, 2.24) is 20.0 Å². The normalized spacial score (nSPS) is 20.0. The van der Waals surface area contributed by atoms with Crippen molar-refractivity contribution in [3.05, 3.63) is 48.3 Å². The molecular formula is C20H26N4O3. The molecule has 1 aliphatic heterocycles. The first kappa shape index (κ1) is 19.1. The van der Waals surface area contributed by atoms with Gasteiger partial charge < -0.3 is 10.1 Å². The number of benzene rings is 1. The minimum Gasteiger partial charge on any atom is -0.468 e. The quantitative estimate of drug-likeness (QED) is 0.786. The Morgan fingerprint density at radius 1 is 1.30 bits per heavy atom. The molecule has 1 saturated heterocycles. The Balaban J connectivity index is 1.64. The number of carbonyl (C=O) groups excluding carboxylic acids is 2. The number of ether oxygens (including phenoxy) is 1. The highest BCUT2D eigenvalue weighted by molar-refractivity contribution is 5.94. The molecule has 2 aromatic rings. The number of carbonyl (C=O) groups is 2. The third kappa shape index (κ3) is 4.54. The summed E-state index contributed by atoms with van der Waals surface area (Å²) in [6.07, 6.45) is 4.13. The summed E-state index contributed by atoms with van der Waals surface area (Å²) in [5, 5.41) is 7.23. The topological polar surface area (TPSA) is 76.5 Å². The summed E-state index contributed by atoms with van der Waals surface area (Å²) in [6, 6.07) is 8.76. The van der Waals surface area contributed by atoms with Gasteiger partial charge in [0.15, 0.2) is 0 Å². The van der Waals surface area contributed by atoms with Crippen LogP contribution in [-0.4, -0.2) is 58.8 Å². The zero-order valence-corrected chi connectivity index (χ0v) is 16.0. The van der Waals surface area contributed by atoms with Crippen LogP contribution in [0, 0.1) is 5.92 Å². The molecule has 1 aromatic heterocycles. The zero-order chi connectivity index (χ0) is 19.4. The number of nitrogens with zero attached hydrogens (tertiary/aromatic N) is 3. The molecule has 1 aromatic carbocycles. The lowest BCUT2D eigenvalue weighted by molar-refractivity contribution is -0.146. The number of likely N-dealkylation sites (tertiary alicyclic amines) is 1. The Labute approximate surface area is 159 Å². The van der Waals surface area contributed by atoms with Crippen molar-refractivity contribution < 1.29 is 14.3 Å². The molecule has 7 nitrogen and oxygen atoms in total. The molecule has 7 heteroatoms. The molecule has 3 rings (SSSR count). The molecule has 0 aliphatic carbocycles. The van der Waals surface area contributed by atoms with Crippen LogP contribution in [0.5, 0.6) is 0 Å². The number of aromatic nitrogens is 2. The van der Waals surface area contributed by atoms with Crippen molar-refractivity contribution in [2.45, 2.75) is 32.4 Å². The van der Waals surface area contributed by atoms with Crippen LogP contribution >= 0.6 is 0 Å². The first-order chi connectivity index (χ1) is 13.0. The molecule has 1 N–H and O–H groups in total. The van der Waals surface area contributed by atoms with Crippen LogP contribution in [-0.2, 0) is 9.53 Å². The van der Waals surface area contributed by atoms with Gasteiger partial charge in [-0.3, -0.25) is 14.5 Å². The Kier molecular flexibility index (Phi) is 5.91. The molecule has 0 unspecified atom stereocenters. The standard InChI is InChI=1S/C20H26N4O3/c1-14(2)12-23-13-16(11-18(23)20(26)27-3)22-19(25)15-5-7-17(8-6-15)24-10-4-9-21-24/h4-10,14,16,18H,11-13H2,1-3H3,(H,22,25)/t16-,18-/m0/s1. The molecule has 1 fully saturated rings. The third-order valence-corrected chi connectivity index (χ3v) is 4.71. The van der Waals surface area contributed by atoms with E-state index in [-0.39, 0.29) is 24.0 Å². The summed E-state index contributed by atoms with van der Waals surface area (Å²) >= 11 is 0. The highest BCUT2D eigenvalue weighted by Gasteiger charge is 2.38. The SMILES string of the molecule is COC(=O)[C@@H]1C[C@H](NC(=O)c2ccc(-n3cccn3)cc2)CN1CC(C)C. The van der Waals surface area contributed by atoms with E-state index in [0.29, 0.717) is 24.4 Å². The van der Waals surface area contributed by atoms with E-state index >= 15 is 0 Å². The maximum Gasteiger partial charge on any atom is 0.323 e. The summed E-state index contributed by atoms with van der Waals surface area (Å²) in [5.41, 5.74) is 1.48. The molecule has 27 heavy (non-hydrogen) atoms. The molecule has 1 aliphatic rings. The van der Waals surface area contributed by atoms with Gasteiger partial charge in [0.05, 0.1) is 12.8 Å². The Hall–Kier alpha value is -2.67. The number of amides is 1.